The molecule has 0 radical (unpaired) electrons. The molecule has 0 fully saturated rings. The third-order valence-corrected chi connectivity index (χ3v) is 2.86. The maximum Gasteiger partial charge on any atom is 0.245 e. The molecule has 0 bridgehead atoms. The topological polar surface area (TPSA) is 63.9 Å². The lowest BCUT2D eigenvalue weighted by atomic mass is 10.2. The molecule has 0 spiro atoms. The number of halogens is 1. The van der Waals surface area contributed by atoms with Gasteiger partial charge in [0.15, 0.2) is 0 Å². The van der Waals surface area contributed by atoms with E-state index in [0.717, 1.165) is 10.0 Å². The molecule has 0 aliphatic carbocycles. The summed E-state index contributed by atoms with van der Waals surface area (Å²) in [5.74, 6) is 0.434. The molecular formula is C11H12BrN5O. The van der Waals surface area contributed by atoms with Gasteiger partial charge in [0.25, 0.3) is 0 Å². The van der Waals surface area contributed by atoms with Gasteiger partial charge in [-0.25, -0.2) is 0 Å². The van der Waals surface area contributed by atoms with Gasteiger partial charge < -0.3 is 4.90 Å². The first-order chi connectivity index (χ1) is 8.56. The Labute approximate surface area is 113 Å². The molecular weight excluding hydrogens is 298 g/mol. The van der Waals surface area contributed by atoms with Crippen LogP contribution in [-0.4, -0.2) is 45.1 Å². The summed E-state index contributed by atoms with van der Waals surface area (Å²) in [6.07, 6.45) is 0. The minimum atomic E-state index is -0.0743. The Bertz CT molecular complexity index is 549. The third-order valence-electron chi connectivity index (χ3n) is 2.33. The monoisotopic (exact) mass is 309 g/mol. The molecule has 0 aliphatic rings. The van der Waals surface area contributed by atoms with Crippen LogP contribution in [-0.2, 0) is 11.3 Å². The number of benzene rings is 1. The van der Waals surface area contributed by atoms with Gasteiger partial charge in [-0.05, 0) is 29.5 Å². The van der Waals surface area contributed by atoms with Crippen LogP contribution in [0.1, 0.15) is 0 Å². The summed E-state index contributed by atoms with van der Waals surface area (Å²) in [6.45, 7) is 0.0938. The molecule has 1 amide bonds. The molecule has 94 valence electrons. The fourth-order valence-corrected chi connectivity index (χ4v) is 1.55. The Hall–Kier alpha value is -1.76. The van der Waals surface area contributed by atoms with Crippen molar-refractivity contribution in [1.29, 1.82) is 0 Å². The molecule has 0 saturated heterocycles. The summed E-state index contributed by atoms with van der Waals surface area (Å²) in [4.78, 5) is 14.3. The highest BCUT2D eigenvalue weighted by Crippen LogP contribution is 2.17. The maximum atomic E-state index is 11.5. The van der Waals surface area contributed by atoms with E-state index in [1.807, 2.05) is 24.3 Å². The molecule has 0 unspecified atom stereocenters. The SMILES string of the molecule is CN(C)C(=O)Cn1nnc(-c2ccc(Br)cc2)n1. The van der Waals surface area contributed by atoms with Gasteiger partial charge in [-0.1, -0.05) is 15.9 Å². The molecule has 2 aromatic rings. The number of rotatable bonds is 3. The average molecular weight is 310 g/mol. The second-order valence-electron chi connectivity index (χ2n) is 3.94. The van der Waals surface area contributed by atoms with Crippen LogP contribution < -0.4 is 0 Å². The van der Waals surface area contributed by atoms with Gasteiger partial charge >= 0.3 is 0 Å². The van der Waals surface area contributed by atoms with Crippen molar-refractivity contribution in [2.75, 3.05) is 14.1 Å². The first kappa shape index (κ1) is 12.7. The van der Waals surface area contributed by atoms with Crippen molar-refractivity contribution in [3.63, 3.8) is 0 Å². The van der Waals surface area contributed by atoms with E-state index in [0.29, 0.717) is 5.82 Å². The van der Waals surface area contributed by atoms with E-state index in [2.05, 4.69) is 31.3 Å². The van der Waals surface area contributed by atoms with Crippen molar-refractivity contribution in [2.24, 2.45) is 0 Å². The number of tetrazole rings is 1. The van der Waals surface area contributed by atoms with Gasteiger partial charge in [0.2, 0.25) is 11.7 Å². The first-order valence-electron chi connectivity index (χ1n) is 5.30. The Kier molecular flexibility index (Phi) is 3.71. The molecule has 2 rings (SSSR count). The fourth-order valence-electron chi connectivity index (χ4n) is 1.29. The molecule has 0 aliphatic heterocycles. The number of hydrogen-bond donors (Lipinski definition) is 0. The first-order valence-corrected chi connectivity index (χ1v) is 6.09. The zero-order valence-corrected chi connectivity index (χ0v) is 11.6. The molecule has 1 heterocycles. The second-order valence-corrected chi connectivity index (χ2v) is 4.85. The Morgan fingerprint density at radius 3 is 2.61 bits per heavy atom. The van der Waals surface area contributed by atoms with E-state index in [9.17, 15) is 4.79 Å². The standard InChI is InChI=1S/C11H12BrN5O/c1-16(2)10(18)7-17-14-11(13-15-17)8-3-5-9(12)6-4-8/h3-6H,7H2,1-2H3. The molecule has 0 saturated carbocycles. The van der Waals surface area contributed by atoms with Gasteiger partial charge in [0.05, 0.1) is 0 Å². The predicted molar refractivity (Wildman–Crippen MR) is 69.6 cm³/mol. The summed E-state index contributed by atoms with van der Waals surface area (Å²) in [7, 11) is 3.38. The number of aromatic nitrogens is 4. The number of likely N-dealkylation sites (N-methyl/N-ethyl adjacent to an activating group) is 1. The highest BCUT2D eigenvalue weighted by atomic mass is 79.9. The van der Waals surface area contributed by atoms with Crippen LogP contribution in [0, 0.1) is 0 Å². The van der Waals surface area contributed by atoms with Crippen LogP contribution >= 0.6 is 15.9 Å². The number of carbonyl (C=O) groups is 1. The van der Waals surface area contributed by atoms with Crippen LogP contribution in [0.25, 0.3) is 11.4 Å². The number of hydrogen-bond acceptors (Lipinski definition) is 4. The highest BCUT2D eigenvalue weighted by molar-refractivity contribution is 9.10. The summed E-state index contributed by atoms with van der Waals surface area (Å²) in [5, 5.41) is 11.9. The van der Waals surface area contributed by atoms with Crippen LogP contribution in [0.3, 0.4) is 0 Å². The zero-order chi connectivity index (χ0) is 13.1. The zero-order valence-electron chi connectivity index (χ0n) is 10.0. The summed E-state index contributed by atoms with van der Waals surface area (Å²) in [5.41, 5.74) is 0.863. The quantitative estimate of drug-likeness (QED) is 0.854. The van der Waals surface area contributed by atoms with Crippen molar-refractivity contribution in [3.05, 3.63) is 28.7 Å². The van der Waals surface area contributed by atoms with Gasteiger partial charge in [0.1, 0.15) is 6.54 Å². The molecule has 1 aromatic heterocycles. The van der Waals surface area contributed by atoms with E-state index in [4.69, 9.17) is 0 Å². The molecule has 1 aromatic carbocycles. The number of carbonyl (C=O) groups excluding carboxylic acids is 1. The lowest BCUT2D eigenvalue weighted by Crippen LogP contribution is -2.27. The van der Waals surface area contributed by atoms with E-state index < -0.39 is 0 Å². The molecule has 6 nitrogen and oxygen atoms in total. The normalized spacial score (nSPS) is 10.4. The second kappa shape index (κ2) is 5.26. The van der Waals surface area contributed by atoms with Crippen LogP contribution in [0.4, 0.5) is 0 Å². The summed E-state index contributed by atoms with van der Waals surface area (Å²) < 4.78 is 0.987. The molecule has 0 N–H and O–H groups in total. The molecule has 18 heavy (non-hydrogen) atoms. The van der Waals surface area contributed by atoms with Gasteiger partial charge in [-0.2, -0.15) is 4.80 Å². The van der Waals surface area contributed by atoms with Gasteiger partial charge in [0, 0.05) is 24.1 Å². The minimum absolute atomic E-state index is 0.0743. The number of nitrogens with zero attached hydrogens (tertiary/aromatic N) is 5. The Balaban J connectivity index is 2.15. The van der Waals surface area contributed by atoms with E-state index in [1.54, 1.807) is 14.1 Å². The highest BCUT2D eigenvalue weighted by Gasteiger charge is 2.10. The summed E-state index contributed by atoms with van der Waals surface area (Å²) in [6, 6.07) is 7.58. The van der Waals surface area contributed by atoms with E-state index in [1.165, 1.54) is 9.70 Å². The lowest BCUT2D eigenvalue weighted by molar-refractivity contribution is -0.129. The average Bonchev–Trinajstić information content (AvgIpc) is 2.78. The predicted octanol–water partition coefficient (Wildman–Crippen LogP) is 1.19. The fraction of sp³-hybridized carbons (Fsp3) is 0.273. The van der Waals surface area contributed by atoms with E-state index >= 15 is 0 Å². The van der Waals surface area contributed by atoms with Gasteiger partial charge in [-0.15, -0.1) is 10.2 Å². The van der Waals surface area contributed by atoms with E-state index in [-0.39, 0.29) is 12.5 Å². The van der Waals surface area contributed by atoms with Crippen molar-refractivity contribution in [1.82, 2.24) is 25.1 Å². The van der Waals surface area contributed by atoms with Crippen molar-refractivity contribution >= 4 is 21.8 Å². The largest absolute Gasteiger partial charge is 0.347 e. The van der Waals surface area contributed by atoms with Crippen molar-refractivity contribution in [2.45, 2.75) is 6.54 Å². The van der Waals surface area contributed by atoms with Gasteiger partial charge in [-0.3, -0.25) is 4.79 Å². The Morgan fingerprint density at radius 2 is 2.00 bits per heavy atom. The maximum absolute atomic E-state index is 11.5. The van der Waals surface area contributed by atoms with Crippen molar-refractivity contribution < 1.29 is 4.79 Å². The molecule has 7 heteroatoms. The van der Waals surface area contributed by atoms with Crippen molar-refractivity contribution in [3.8, 4) is 11.4 Å². The molecule has 0 atom stereocenters. The minimum Gasteiger partial charge on any atom is -0.347 e. The smallest absolute Gasteiger partial charge is 0.245 e. The lowest BCUT2D eigenvalue weighted by Gasteiger charge is -2.08. The van der Waals surface area contributed by atoms with Crippen LogP contribution in [0.5, 0.6) is 0 Å². The van der Waals surface area contributed by atoms with Crippen LogP contribution in [0.15, 0.2) is 28.7 Å². The summed E-state index contributed by atoms with van der Waals surface area (Å²) >= 11 is 3.36. The third kappa shape index (κ3) is 2.92. The number of amides is 1. The Morgan fingerprint density at radius 1 is 1.33 bits per heavy atom. The van der Waals surface area contributed by atoms with Crippen LogP contribution in [0.2, 0.25) is 0 Å².